The zero-order chi connectivity index (χ0) is 11.4. The summed E-state index contributed by atoms with van der Waals surface area (Å²) in [5.41, 5.74) is 4.28. The van der Waals surface area contributed by atoms with Gasteiger partial charge in [-0.25, -0.2) is 0 Å². The Morgan fingerprint density at radius 3 is 2.88 bits per heavy atom. The Morgan fingerprint density at radius 1 is 1.31 bits per heavy atom. The number of hydrazine groups is 1. The van der Waals surface area contributed by atoms with E-state index in [1.165, 1.54) is 31.2 Å². The highest BCUT2D eigenvalue weighted by Crippen LogP contribution is 2.33. The fourth-order valence-corrected chi connectivity index (χ4v) is 2.60. The lowest BCUT2D eigenvalue weighted by Gasteiger charge is -2.31. The summed E-state index contributed by atoms with van der Waals surface area (Å²) in [7, 11) is 1.71. The molecule has 3 heteroatoms. The number of hydrogen-bond donors (Lipinski definition) is 2. The van der Waals surface area contributed by atoms with Crippen LogP contribution in [0.2, 0.25) is 0 Å². The molecule has 0 spiro atoms. The van der Waals surface area contributed by atoms with E-state index in [9.17, 15) is 0 Å². The summed E-state index contributed by atoms with van der Waals surface area (Å²) in [5, 5.41) is 0. The highest BCUT2D eigenvalue weighted by Gasteiger charge is 2.25. The molecule has 0 aliphatic heterocycles. The van der Waals surface area contributed by atoms with Crippen molar-refractivity contribution in [2.24, 2.45) is 5.84 Å². The molecule has 1 fully saturated rings. The molecule has 1 aromatic carbocycles. The Kier molecular flexibility index (Phi) is 3.80. The molecular weight excluding hydrogens is 200 g/mol. The molecule has 1 aliphatic rings. The van der Waals surface area contributed by atoms with Crippen LogP contribution >= 0.6 is 0 Å². The maximum Gasteiger partial charge on any atom is 0.119 e. The van der Waals surface area contributed by atoms with Gasteiger partial charge in [-0.2, -0.15) is 0 Å². The second-order valence-electron chi connectivity index (χ2n) is 4.44. The van der Waals surface area contributed by atoms with E-state index in [4.69, 9.17) is 10.6 Å². The number of hydrogen-bond acceptors (Lipinski definition) is 3. The molecule has 2 rings (SSSR count). The monoisotopic (exact) mass is 220 g/mol. The van der Waals surface area contributed by atoms with Crippen molar-refractivity contribution in [3.63, 3.8) is 0 Å². The van der Waals surface area contributed by atoms with E-state index < -0.39 is 0 Å². The topological polar surface area (TPSA) is 47.3 Å². The Balaban J connectivity index is 2.20. The van der Waals surface area contributed by atoms with Gasteiger partial charge >= 0.3 is 0 Å². The number of ether oxygens (including phenoxy) is 1. The minimum absolute atomic E-state index is 0.404. The van der Waals surface area contributed by atoms with Crippen LogP contribution in [0.3, 0.4) is 0 Å². The maximum atomic E-state index is 5.62. The van der Waals surface area contributed by atoms with E-state index in [2.05, 4.69) is 23.6 Å². The van der Waals surface area contributed by atoms with Gasteiger partial charge in [-0.05, 0) is 30.5 Å². The van der Waals surface area contributed by atoms with Crippen molar-refractivity contribution in [1.82, 2.24) is 5.43 Å². The third-order valence-corrected chi connectivity index (χ3v) is 3.50. The van der Waals surface area contributed by atoms with E-state index in [1.807, 2.05) is 6.07 Å². The van der Waals surface area contributed by atoms with Crippen molar-refractivity contribution < 1.29 is 4.74 Å². The van der Waals surface area contributed by atoms with Crippen molar-refractivity contribution >= 4 is 0 Å². The van der Waals surface area contributed by atoms with E-state index in [-0.39, 0.29) is 0 Å². The predicted molar refractivity (Wildman–Crippen MR) is 65.3 cm³/mol. The van der Waals surface area contributed by atoms with Crippen LogP contribution in [0, 0.1) is 0 Å². The molecule has 0 radical (unpaired) electrons. The van der Waals surface area contributed by atoms with Gasteiger partial charge in [0.2, 0.25) is 0 Å². The largest absolute Gasteiger partial charge is 0.497 e. The SMILES string of the molecule is COc1cccc([C@@H]2CCCC[C@@H]2NN)c1. The molecule has 16 heavy (non-hydrogen) atoms. The average Bonchev–Trinajstić information content (AvgIpc) is 2.38. The lowest BCUT2D eigenvalue weighted by atomic mass is 9.80. The second kappa shape index (κ2) is 5.32. The maximum absolute atomic E-state index is 5.62. The van der Waals surface area contributed by atoms with Crippen LogP contribution < -0.4 is 16.0 Å². The molecule has 0 bridgehead atoms. The van der Waals surface area contributed by atoms with E-state index in [0.29, 0.717) is 12.0 Å². The van der Waals surface area contributed by atoms with Crippen LogP contribution in [0.4, 0.5) is 0 Å². The van der Waals surface area contributed by atoms with Gasteiger partial charge in [0.25, 0.3) is 0 Å². The van der Waals surface area contributed by atoms with E-state index in [0.717, 1.165) is 5.75 Å². The van der Waals surface area contributed by atoms with Crippen molar-refractivity contribution in [3.05, 3.63) is 29.8 Å². The molecule has 0 amide bonds. The van der Waals surface area contributed by atoms with Crippen molar-refractivity contribution in [2.75, 3.05) is 7.11 Å². The first-order valence-corrected chi connectivity index (χ1v) is 5.95. The molecule has 2 atom stereocenters. The van der Waals surface area contributed by atoms with Crippen LogP contribution in [0.15, 0.2) is 24.3 Å². The zero-order valence-corrected chi connectivity index (χ0v) is 9.78. The van der Waals surface area contributed by atoms with Crippen molar-refractivity contribution in [2.45, 2.75) is 37.6 Å². The molecule has 0 aromatic heterocycles. The summed E-state index contributed by atoms with van der Waals surface area (Å²) >= 11 is 0. The first kappa shape index (κ1) is 11.4. The van der Waals surface area contributed by atoms with Crippen molar-refractivity contribution in [3.8, 4) is 5.75 Å². The summed E-state index contributed by atoms with van der Waals surface area (Å²) in [6.45, 7) is 0. The number of rotatable bonds is 3. The number of nitrogens with two attached hydrogens (primary N) is 1. The summed E-state index contributed by atoms with van der Waals surface area (Å²) in [4.78, 5) is 0. The number of benzene rings is 1. The Hall–Kier alpha value is -1.06. The molecular formula is C13H20N2O. The van der Waals surface area contributed by atoms with Gasteiger partial charge in [-0.1, -0.05) is 25.0 Å². The third kappa shape index (κ3) is 2.36. The Labute approximate surface area is 97.0 Å². The van der Waals surface area contributed by atoms with Gasteiger partial charge in [-0.15, -0.1) is 0 Å². The highest BCUT2D eigenvalue weighted by atomic mass is 16.5. The molecule has 0 unspecified atom stereocenters. The quantitative estimate of drug-likeness (QED) is 0.606. The molecule has 3 nitrogen and oxygen atoms in total. The first-order valence-electron chi connectivity index (χ1n) is 5.95. The standard InChI is InChI=1S/C13H20N2O/c1-16-11-6-4-5-10(9-11)12-7-2-3-8-13(12)15-14/h4-6,9,12-13,15H,2-3,7-8,14H2,1H3/t12-,13-/m0/s1. The third-order valence-electron chi connectivity index (χ3n) is 3.50. The van der Waals surface area contributed by atoms with Crippen LogP contribution in [0.25, 0.3) is 0 Å². The van der Waals surface area contributed by atoms with Gasteiger partial charge in [-0.3, -0.25) is 11.3 Å². The summed E-state index contributed by atoms with van der Waals surface area (Å²) in [6, 6.07) is 8.73. The van der Waals surface area contributed by atoms with Gasteiger partial charge in [0.15, 0.2) is 0 Å². The molecule has 88 valence electrons. The van der Waals surface area contributed by atoms with Crippen LogP contribution in [-0.4, -0.2) is 13.2 Å². The molecule has 0 heterocycles. The van der Waals surface area contributed by atoms with E-state index >= 15 is 0 Å². The smallest absolute Gasteiger partial charge is 0.119 e. The molecule has 3 N–H and O–H groups in total. The summed E-state index contributed by atoms with van der Waals surface area (Å²) in [5.74, 6) is 7.07. The number of nitrogens with one attached hydrogen (secondary N) is 1. The zero-order valence-electron chi connectivity index (χ0n) is 9.78. The van der Waals surface area contributed by atoms with Crippen LogP contribution in [0.1, 0.15) is 37.2 Å². The molecule has 1 aromatic rings. The fraction of sp³-hybridized carbons (Fsp3) is 0.538. The first-order chi connectivity index (χ1) is 7.85. The normalized spacial score (nSPS) is 25.4. The fourth-order valence-electron chi connectivity index (χ4n) is 2.60. The van der Waals surface area contributed by atoms with E-state index in [1.54, 1.807) is 7.11 Å². The second-order valence-corrected chi connectivity index (χ2v) is 4.44. The predicted octanol–water partition coefficient (Wildman–Crippen LogP) is 2.18. The van der Waals surface area contributed by atoms with Gasteiger partial charge < -0.3 is 4.74 Å². The Bertz CT molecular complexity index is 340. The van der Waals surface area contributed by atoms with Gasteiger partial charge in [0.05, 0.1) is 7.11 Å². The summed E-state index contributed by atoms with van der Waals surface area (Å²) < 4.78 is 5.26. The summed E-state index contributed by atoms with van der Waals surface area (Å²) in [6.07, 6.45) is 4.94. The highest BCUT2D eigenvalue weighted by molar-refractivity contribution is 5.32. The van der Waals surface area contributed by atoms with Crippen LogP contribution in [0.5, 0.6) is 5.75 Å². The van der Waals surface area contributed by atoms with Crippen LogP contribution in [-0.2, 0) is 0 Å². The molecule has 1 aliphatic carbocycles. The van der Waals surface area contributed by atoms with Crippen molar-refractivity contribution in [1.29, 1.82) is 0 Å². The Morgan fingerprint density at radius 2 is 2.12 bits per heavy atom. The molecule has 0 saturated heterocycles. The average molecular weight is 220 g/mol. The molecule has 1 saturated carbocycles. The lowest BCUT2D eigenvalue weighted by molar-refractivity contribution is 0.330. The number of methoxy groups -OCH3 is 1. The lowest BCUT2D eigenvalue weighted by Crippen LogP contribution is -2.41. The minimum Gasteiger partial charge on any atom is -0.497 e. The minimum atomic E-state index is 0.404. The van der Waals surface area contributed by atoms with Gasteiger partial charge in [0, 0.05) is 12.0 Å². The van der Waals surface area contributed by atoms with Gasteiger partial charge in [0.1, 0.15) is 5.75 Å².